The second-order valence-corrected chi connectivity index (χ2v) is 11.1. The molecule has 0 radical (unpaired) electrons. The lowest BCUT2D eigenvalue weighted by Crippen LogP contribution is -2.33. The highest BCUT2D eigenvalue weighted by atomic mass is 32.2. The van der Waals surface area contributed by atoms with Crippen molar-refractivity contribution in [3.63, 3.8) is 0 Å². The Kier molecular flexibility index (Phi) is 7.23. The summed E-state index contributed by atoms with van der Waals surface area (Å²) in [6.45, 7) is 4.71. The smallest absolute Gasteiger partial charge is 0.422 e. The Morgan fingerprint density at radius 1 is 1.19 bits per heavy atom. The van der Waals surface area contributed by atoms with E-state index in [0.29, 0.717) is 19.5 Å². The number of nitrogens with zero attached hydrogens (tertiary/aromatic N) is 3. The molecule has 0 saturated carbocycles. The summed E-state index contributed by atoms with van der Waals surface area (Å²) in [6, 6.07) is 9.20. The highest BCUT2D eigenvalue weighted by Gasteiger charge is 2.29. The summed E-state index contributed by atoms with van der Waals surface area (Å²) >= 11 is 0. The summed E-state index contributed by atoms with van der Waals surface area (Å²) in [5.74, 6) is -0.0311. The number of nitrogens with one attached hydrogen (secondary N) is 1. The van der Waals surface area contributed by atoms with Gasteiger partial charge in [-0.15, -0.1) is 0 Å². The monoisotopic (exact) mass is 540 g/mol. The van der Waals surface area contributed by atoms with Gasteiger partial charge in [-0.2, -0.15) is 13.2 Å². The molecule has 0 saturated heterocycles. The first kappa shape index (κ1) is 26.9. The number of benzene rings is 1. The molecule has 3 heterocycles. The zero-order valence-electron chi connectivity index (χ0n) is 20.4. The van der Waals surface area contributed by atoms with E-state index in [9.17, 15) is 26.7 Å². The van der Waals surface area contributed by atoms with Crippen molar-refractivity contribution < 1.29 is 36.0 Å². The van der Waals surface area contributed by atoms with Crippen LogP contribution in [-0.4, -0.2) is 47.9 Å². The van der Waals surface area contributed by atoms with Crippen molar-refractivity contribution in [3.8, 4) is 5.88 Å². The van der Waals surface area contributed by atoms with E-state index in [0.717, 1.165) is 16.7 Å². The van der Waals surface area contributed by atoms with Crippen LogP contribution in [0.25, 0.3) is 0 Å². The summed E-state index contributed by atoms with van der Waals surface area (Å²) in [5, 5.41) is 13.7. The maximum atomic E-state index is 13.0. The average molecular weight is 541 g/mol. The van der Waals surface area contributed by atoms with Crippen molar-refractivity contribution >= 4 is 15.8 Å². The quantitative estimate of drug-likeness (QED) is 0.438. The van der Waals surface area contributed by atoms with Crippen molar-refractivity contribution in [2.45, 2.75) is 56.5 Å². The third-order valence-corrected chi connectivity index (χ3v) is 7.41. The molecule has 0 aliphatic carbocycles. The molecule has 9 nitrogen and oxygen atoms in total. The minimum Gasteiger partial charge on any atom is -0.468 e. The number of ether oxygens (including phenoxy) is 1. The summed E-state index contributed by atoms with van der Waals surface area (Å²) in [4.78, 5) is 6.17. The zero-order chi connectivity index (χ0) is 27.0. The van der Waals surface area contributed by atoms with Gasteiger partial charge in [0.25, 0.3) is 10.0 Å². The highest BCUT2D eigenvalue weighted by molar-refractivity contribution is 7.92. The van der Waals surface area contributed by atoms with Crippen molar-refractivity contribution in [2.75, 3.05) is 17.9 Å². The molecule has 37 heavy (non-hydrogen) atoms. The van der Waals surface area contributed by atoms with Gasteiger partial charge in [-0.25, -0.2) is 13.4 Å². The summed E-state index contributed by atoms with van der Waals surface area (Å²) in [7, 11) is -3.97. The van der Waals surface area contributed by atoms with Gasteiger partial charge in [0, 0.05) is 37.5 Å². The van der Waals surface area contributed by atoms with Gasteiger partial charge >= 0.3 is 6.18 Å². The van der Waals surface area contributed by atoms with E-state index in [4.69, 9.17) is 4.52 Å². The molecule has 0 spiro atoms. The van der Waals surface area contributed by atoms with Crippen LogP contribution < -0.4 is 9.46 Å². The molecule has 0 fully saturated rings. The van der Waals surface area contributed by atoms with Crippen LogP contribution in [-0.2, 0) is 28.6 Å². The van der Waals surface area contributed by atoms with E-state index >= 15 is 0 Å². The van der Waals surface area contributed by atoms with Crippen LogP contribution in [0.1, 0.15) is 49.3 Å². The number of aliphatic hydroxyl groups is 1. The topological polar surface area (TPSA) is 118 Å². The van der Waals surface area contributed by atoms with Gasteiger partial charge in [-0.1, -0.05) is 17.3 Å². The summed E-state index contributed by atoms with van der Waals surface area (Å²) in [6.07, 6.45) is -2.26. The fraction of sp³-hybridized carbons (Fsp3) is 0.417. The second-order valence-electron chi connectivity index (χ2n) is 9.40. The largest absolute Gasteiger partial charge is 0.468 e. The number of aromatic nitrogens is 2. The Hall–Kier alpha value is -3.16. The molecule has 1 atom stereocenters. The second kappa shape index (κ2) is 9.95. The first-order chi connectivity index (χ1) is 17.2. The summed E-state index contributed by atoms with van der Waals surface area (Å²) in [5.41, 5.74) is 1.36. The van der Waals surface area contributed by atoms with Gasteiger partial charge in [-0.05, 0) is 56.0 Å². The molecule has 1 aliphatic rings. The van der Waals surface area contributed by atoms with Crippen LogP contribution in [0.3, 0.4) is 0 Å². The molecule has 1 unspecified atom stereocenters. The maximum Gasteiger partial charge on any atom is 0.422 e. The lowest BCUT2D eigenvalue weighted by Gasteiger charge is -2.34. The van der Waals surface area contributed by atoms with Gasteiger partial charge in [0.1, 0.15) is 5.60 Å². The SMILES string of the molecule is CC(c1ccc(OCC(F)(F)F)nc1)N1CCc2ccc(S(=O)(=O)Nc3cc(C(C)(C)O)on3)cc2C1. The molecule has 3 aromatic rings. The minimum atomic E-state index is -4.44. The number of halogens is 3. The van der Waals surface area contributed by atoms with Gasteiger partial charge in [-0.3, -0.25) is 9.62 Å². The zero-order valence-corrected chi connectivity index (χ0v) is 21.2. The van der Waals surface area contributed by atoms with Gasteiger partial charge < -0.3 is 14.4 Å². The van der Waals surface area contributed by atoms with Crippen LogP contribution in [0.5, 0.6) is 5.88 Å². The van der Waals surface area contributed by atoms with Crippen molar-refractivity contribution in [3.05, 3.63) is 65.0 Å². The Labute approximate surface area is 212 Å². The normalized spacial score (nSPS) is 15.8. The fourth-order valence-corrected chi connectivity index (χ4v) is 4.99. The maximum absolute atomic E-state index is 13.0. The van der Waals surface area contributed by atoms with E-state index in [1.807, 2.05) is 6.92 Å². The van der Waals surface area contributed by atoms with E-state index in [-0.39, 0.29) is 28.4 Å². The summed E-state index contributed by atoms with van der Waals surface area (Å²) < 4.78 is 75.1. The number of sulfonamides is 1. The van der Waals surface area contributed by atoms with Crippen molar-refractivity contribution in [1.82, 2.24) is 15.0 Å². The van der Waals surface area contributed by atoms with Gasteiger partial charge in [0.05, 0.1) is 4.90 Å². The van der Waals surface area contributed by atoms with Crippen LogP contribution in [0.4, 0.5) is 19.0 Å². The van der Waals surface area contributed by atoms with E-state index in [1.54, 1.807) is 18.2 Å². The predicted octanol–water partition coefficient (Wildman–Crippen LogP) is 4.16. The first-order valence-corrected chi connectivity index (χ1v) is 12.9. The van der Waals surface area contributed by atoms with Gasteiger partial charge in [0.2, 0.25) is 5.88 Å². The molecule has 0 amide bonds. The number of alkyl halides is 3. The standard InChI is InChI=1S/C24H27F3N4O5S/c1-15(17-5-7-22(28-12-17)35-14-24(25,26)27)31-9-8-16-4-6-19(10-18(16)13-31)37(33,34)30-21-11-20(36-29-21)23(2,3)32/h4-7,10-12,15,32H,8-9,13-14H2,1-3H3,(H,29,30). The van der Waals surface area contributed by atoms with Crippen molar-refractivity contribution in [1.29, 1.82) is 0 Å². The molecule has 2 aromatic heterocycles. The molecular formula is C24H27F3N4O5S. The molecule has 200 valence electrons. The lowest BCUT2D eigenvalue weighted by molar-refractivity contribution is -0.154. The number of hydrogen-bond donors (Lipinski definition) is 2. The molecule has 4 rings (SSSR count). The minimum absolute atomic E-state index is 0.0414. The molecule has 13 heteroatoms. The van der Waals surface area contributed by atoms with Crippen LogP contribution in [0, 0.1) is 0 Å². The molecular weight excluding hydrogens is 513 g/mol. The van der Waals surface area contributed by atoms with Crippen LogP contribution >= 0.6 is 0 Å². The molecule has 0 bridgehead atoms. The average Bonchev–Trinajstić information content (AvgIpc) is 3.30. The number of fused-ring (bicyclic) bond motifs is 1. The highest BCUT2D eigenvalue weighted by Crippen LogP contribution is 2.30. The molecule has 1 aromatic carbocycles. The van der Waals surface area contributed by atoms with E-state index in [2.05, 4.69) is 24.5 Å². The number of rotatable bonds is 8. The first-order valence-electron chi connectivity index (χ1n) is 11.4. The van der Waals surface area contributed by atoms with E-state index < -0.39 is 28.4 Å². The molecule has 1 aliphatic heterocycles. The van der Waals surface area contributed by atoms with Gasteiger partial charge in [0.15, 0.2) is 18.2 Å². The van der Waals surface area contributed by atoms with Crippen LogP contribution in [0.15, 0.2) is 52.0 Å². The Bertz CT molecular complexity index is 1350. The Morgan fingerprint density at radius 3 is 2.57 bits per heavy atom. The Balaban J connectivity index is 1.46. The third-order valence-electron chi connectivity index (χ3n) is 6.05. The lowest BCUT2D eigenvalue weighted by atomic mass is 9.97. The van der Waals surface area contributed by atoms with Crippen LogP contribution in [0.2, 0.25) is 0 Å². The number of pyridine rings is 1. The third kappa shape index (κ3) is 6.59. The van der Waals surface area contributed by atoms with Crippen molar-refractivity contribution in [2.24, 2.45) is 0 Å². The number of hydrogen-bond acceptors (Lipinski definition) is 8. The number of anilines is 1. The fourth-order valence-electron chi connectivity index (χ4n) is 3.95. The van der Waals surface area contributed by atoms with E-state index in [1.165, 1.54) is 38.2 Å². The predicted molar refractivity (Wildman–Crippen MR) is 127 cm³/mol. The molecule has 2 N–H and O–H groups in total. The Morgan fingerprint density at radius 2 is 1.95 bits per heavy atom.